The molecule has 0 radical (unpaired) electrons. The minimum Gasteiger partial charge on any atom is -0.482 e. The van der Waals surface area contributed by atoms with E-state index in [1.165, 1.54) is 4.68 Å². The number of carbonyl (C=O) groups excluding carboxylic acids is 1. The van der Waals surface area contributed by atoms with Crippen LogP contribution in [-0.4, -0.2) is 32.8 Å². The van der Waals surface area contributed by atoms with Crippen LogP contribution >= 0.6 is 11.6 Å². The van der Waals surface area contributed by atoms with Gasteiger partial charge in [0.1, 0.15) is 5.75 Å². The molecule has 7 nitrogen and oxygen atoms in total. The van der Waals surface area contributed by atoms with Crippen LogP contribution in [0.15, 0.2) is 48.5 Å². The normalized spacial score (nSPS) is 10.5. The van der Waals surface area contributed by atoms with Crippen LogP contribution in [0.25, 0.3) is 5.69 Å². The summed E-state index contributed by atoms with van der Waals surface area (Å²) in [5, 5.41) is 12.0. The van der Waals surface area contributed by atoms with E-state index in [4.69, 9.17) is 21.1 Å². The zero-order valence-corrected chi connectivity index (χ0v) is 14.2. The van der Waals surface area contributed by atoms with E-state index in [2.05, 4.69) is 15.5 Å². The third-order valence-corrected chi connectivity index (χ3v) is 3.61. The molecule has 0 N–H and O–H groups in total. The standard InChI is InChI=1S/C17H15ClN4O3/c1-12-9-13(18)7-8-15(12)24-11-17(23)25-10-16-19-20-21-22(16)14-5-3-2-4-6-14/h2-9H,10-11H2,1H3. The number of aryl methyl sites for hydroxylation is 1. The highest BCUT2D eigenvalue weighted by Crippen LogP contribution is 2.21. The molecule has 25 heavy (non-hydrogen) atoms. The van der Waals surface area contributed by atoms with Gasteiger partial charge in [0.05, 0.1) is 5.69 Å². The van der Waals surface area contributed by atoms with Gasteiger partial charge in [-0.2, -0.15) is 4.68 Å². The maximum absolute atomic E-state index is 11.9. The first-order valence-corrected chi connectivity index (χ1v) is 7.88. The van der Waals surface area contributed by atoms with Gasteiger partial charge < -0.3 is 9.47 Å². The van der Waals surface area contributed by atoms with E-state index < -0.39 is 5.97 Å². The van der Waals surface area contributed by atoms with E-state index in [1.807, 2.05) is 37.3 Å². The van der Waals surface area contributed by atoms with Gasteiger partial charge in [-0.3, -0.25) is 0 Å². The molecule has 0 aliphatic carbocycles. The van der Waals surface area contributed by atoms with Crippen molar-refractivity contribution in [2.45, 2.75) is 13.5 Å². The number of halogens is 1. The van der Waals surface area contributed by atoms with Gasteiger partial charge in [0.15, 0.2) is 19.0 Å². The number of ether oxygens (including phenoxy) is 2. The molecule has 0 aliphatic heterocycles. The first-order chi connectivity index (χ1) is 12.1. The van der Waals surface area contributed by atoms with Gasteiger partial charge in [-0.1, -0.05) is 29.8 Å². The molecule has 0 saturated carbocycles. The molecule has 3 rings (SSSR count). The Morgan fingerprint density at radius 3 is 2.76 bits per heavy atom. The number of esters is 1. The van der Waals surface area contributed by atoms with E-state index >= 15 is 0 Å². The summed E-state index contributed by atoms with van der Waals surface area (Å²) in [5.74, 6) is 0.481. The van der Waals surface area contributed by atoms with Crippen molar-refractivity contribution in [2.75, 3.05) is 6.61 Å². The quantitative estimate of drug-likeness (QED) is 0.630. The molecular weight excluding hydrogens is 344 g/mol. The second kappa shape index (κ2) is 7.76. The van der Waals surface area contributed by atoms with Gasteiger partial charge in [0.2, 0.25) is 0 Å². The molecule has 0 saturated heterocycles. The highest BCUT2D eigenvalue weighted by molar-refractivity contribution is 6.30. The Bertz CT molecular complexity index is 867. The van der Waals surface area contributed by atoms with Crippen molar-refractivity contribution in [1.29, 1.82) is 0 Å². The molecule has 0 amide bonds. The number of tetrazole rings is 1. The number of hydrogen-bond acceptors (Lipinski definition) is 6. The largest absolute Gasteiger partial charge is 0.482 e. The minimum atomic E-state index is -0.517. The molecule has 0 fully saturated rings. The van der Waals surface area contributed by atoms with E-state index in [9.17, 15) is 4.79 Å². The highest BCUT2D eigenvalue weighted by Gasteiger charge is 2.12. The van der Waals surface area contributed by atoms with Crippen molar-refractivity contribution in [2.24, 2.45) is 0 Å². The van der Waals surface area contributed by atoms with Crippen LogP contribution in [-0.2, 0) is 16.1 Å². The Morgan fingerprint density at radius 1 is 1.20 bits per heavy atom. The fourth-order valence-electron chi connectivity index (χ4n) is 2.16. The lowest BCUT2D eigenvalue weighted by Crippen LogP contribution is -2.16. The van der Waals surface area contributed by atoms with Crippen LogP contribution in [0.1, 0.15) is 11.4 Å². The van der Waals surface area contributed by atoms with Gasteiger partial charge in [-0.25, -0.2) is 4.79 Å². The van der Waals surface area contributed by atoms with Crippen LogP contribution in [0.4, 0.5) is 0 Å². The van der Waals surface area contributed by atoms with Gasteiger partial charge in [-0.15, -0.1) is 5.10 Å². The molecule has 0 aliphatic rings. The SMILES string of the molecule is Cc1cc(Cl)ccc1OCC(=O)OCc1nnnn1-c1ccccc1. The maximum Gasteiger partial charge on any atom is 0.344 e. The smallest absolute Gasteiger partial charge is 0.344 e. The van der Waals surface area contributed by atoms with E-state index in [1.54, 1.807) is 18.2 Å². The summed E-state index contributed by atoms with van der Waals surface area (Å²) in [6.07, 6.45) is 0. The fourth-order valence-corrected chi connectivity index (χ4v) is 2.39. The predicted molar refractivity (Wildman–Crippen MR) is 90.6 cm³/mol. The molecule has 0 spiro atoms. The Morgan fingerprint density at radius 2 is 2.00 bits per heavy atom. The molecule has 0 unspecified atom stereocenters. The summed E-state index contributed by atoms with van der Waals surface area (Å²) in [6, 6.07) is 14.5. The number of aromatic nitrogens is 4. The van der Waals surface area contributed by atoms with Crippen LogP contribution in [0.5, 0.6) is 5.75 Å². The van der Waals surface area contributed by atoms with Crippen molar-refractivity contribution < 1.29 is 14.3 Å². The number of carbonyl (C=O) groups is 1. The molecular formula is C17H15ClN4O3. The van der Waals surface area contributed by atoms with Crippen LogP contribution in [0.2, 0.25) is 5.02 Å². The second-order valence-corrected chi connectivity index (χ2v) is 5.64. The van der Waals surface area contributed by atoms with Crippen LogP contribution in [0, 0.1) is 6.92 Å². The van der Waals surface area contributed by atoms with E-state index in [0.29, 0.717) is 16.6 Å². The van der Waals surface area contributed by atoms with Gasteiger partial charge in [0.25, 0.3) is 0 Å². The van der Waals surface area contributed by atoms with Gasteiger partial charge in [-0.05, 0) is 53.2 Å². The zero-order chi connectivity index (χ0) is 17.6. The summed E-state index contributed by atoms with van der Waals surface area (Å²) in [5.41, 5.74) is 1.62. The van der Waals surface area contributed by atoms with Crippen molar-refractivity contribution >= 4 is 17.6 Å². The Hall–Kier alpha value is -2.93. The molecule has 0 atom stereocenters. The summed E-state index contributed by atoms with van der Waals surface area (Å²) in [4.78, 5) is 11.9. The molecule has 1 aromatic heterocycles. The Labute approximate surface area is 149 Å². The van der Waals surface area contributed by atoms with Crippen molar-refractivity contribution in [3.05, 3.63) is 64.9 Å². The molecule has 1 heterocycles. The topological polar surface area (TPSA) is 79.1 Å². The lowest BCUT2D eigenvalue weighted by atomic mass is 10.2. The monoisotopic (exact) mass is 358 g/mol. The molecule has 128 valence electrons. The van der Waals surface area contributed by atoms with Crippen molar-refractivity contribution in [1.82, 2.24) is 20.2 Å². The first kappa shape index (κ1) is 16.9. The van der Waals surface area contributed by atoms with E-state index in [-0.39, 0.29) is 13.2 Å². The molecule has 8 heteroatoms. The van der Waals surface area contributed by atoms with E-state index in [0.717, 1.165) is 11.3 Å². The number of nitrogens with zero attached hydrogens (tertiary/aromatic N) is 4. The maximum atomic E-state index is 11.9. The van der Waals surface area contributed by atoms with Gasteiger partial charge in [0, 0.05) is 5.02 Å². The second-order valence-electron chi connectivity index (χ2n) is 5.20. The fraction of sp³-hybridized carbons (Fsp3) is 0.176. The third kappa shape index (κ3) is 4.33. The zero-order valence-electron chi connectivity index (χ0n) is 13.4. The number of benzene rings is 2. The summed E-state index contributed by atoms with van der Waals surface area (Å²) in [7, 11) is 0. The summed E-state index contributed by atoms with van der Waals surface area (Å²) >= 11 is 5.88. The Balaban J connectivity index is 1.56. The first-order valence-electron chi connectivity index (χ1n) is 7.51. The lowest BCUT2D eigenvalue weighted by Gasteiger charge is -2.09. The average Bonchev–Trinajstić information content (AvgIpc) is 3.08. The summed E-state index contributed by atoms with van der Waals surface area (Å²) < 4.78 is 12.1. The molecule has 3 aromatic rings. The Kier molecular flexibility index (Phi) is 5.25. The van der Waals surface area contributed by atoms with Gasteiger partial charge >= 0.3 is 5.97 Å². The lowest BCUT2D eigenvalue weighted by molar-refractivity contribution is -0.147. The molecule has 0 bridgehead atoms. The van der Waals surface area contributed by atoms with Crippen LogP contribution in [0.3, 0.4) is 0 Å². The summed E-state index contributed by atoms with van der Waals surface area (Å²) in [6.45, 7) is 1.58. The average molecular weight is 359 g/mol. The van der Waals surface area contributed by atoms with Crippen molar-refractivity contribution in [3.8, 4) is 11.4 Å². The number of rotatable bonds is 6. The third-order valence-electron chi connectivity index (χ3n) is 3.38. The predicted octanol–water partition coefficient (Wildman–Crippen LogP) is 2.75. The molecule has 2 aromatic carbocycles. The number of para-hydroxylation sites is 1. The number of hydrogen-bond donors (Lipinski definition) is 0. The van der Waals surface area contributed by atoms with Crippen LogP contribution < -0.4 is 4.74 Å². The minimum absolute atomic E-state index is 0.0519. The highest BCUT2D eigenvalue weighted by atomic mass is 35.5. The van der Waals surface area contributed by atoms with Crippen molar-refractivity contribution in [3.63, 3.8) is 0 Å².